The first-order valence-corrected chi connectivity index (χ1v) is 10.3. The fraction of sp³-hybridized carbons (Fsp3) is 0.182. The van der Waals surface area contributed by atoms with Crippen LogP contribution in [-0.2, 0) is 4.79 Å². The van der Waals surface area contributed by atoms with E-state index in [4.69, 9.17) is 16.3 Å². The number of methoxy groups -OCH3 is 1. The van der Waals surface area contributed by atoms with Gasteiger partial charge in [0.05, 0.1) is 17.0 Å². The van der Waals surface area contributed by atoms with Gasteiger partial charge in [-0.25, -0.2) is 0 Å². The Morgan fingerprint density at radius 1 is 1.24 bits per heavy atom. The van der Waals surface area contributed by atoms with Crippen LogP contribution in [0, 0.1) is 6.92 Å². The lowest BCUT2D eigenvalue weighted by atomic mass is 9.85. The van der Waals surface area contributed by atoms with E-state index in [1.54, 1.807) is 31.4 Å². The minimum Gasteiger partial charge on any atom is -0.497 e. The molecule has 2 N–H and O–H groups in total. The SMILES string of the molecule is COc1ccc(NC(=O)c2sc3c(c2C)[C@H](c2cccc(Cl)c2)CC(=O)N3)cc1. The lowest BCUT2D eigenvalue weighted by molar-refractivity contribution is -0.116. The molecule has 29 heavy (non-hydrogen) atoms. The van der Waals surface area contributed by atoms with E-state index in [9.17, 15) is 9.59 Å². The van der Waals surface area contributed by atoms with Gasteiger partial charge >= 0.3 is 0 Å². The van der Waals surface area contributed by atoms with E-state index in [1.807, 2.05) is 31.2 Å². The minimum absolute atomic E-state index is 0.0640. The molecule has 2 heterocycles. The summed E-state index contributed by atoms with van der Waals surface area (Å²) in [5.41, 5.74) is 3.51. The predicted molar refractivity (Wildman–Crippen MR) is 117 cm³/mol. The molecule has 0 fully saturated rings. The second-order valence-electron chi connectivity index (χ2n) is 6.84. The Morgan fingerprint density at radius 2 is 2.00 bits per heavy atom. The minimum atomic E-state index is -0.203. The van der Waals surface area contributed by atoms with Gasteiger partial charge in [0.2, 0.25) is 5.91 Å². The number of ether oxygens (including phenoxy) is 1. The average Bonchev–Trinajstić information content (AvgIpc) is 3.04. The topological polar surface area (TPSA) is 67.4 Å². The summed E-state index contributed by atoms with van der Waals surface area (Å²) < 4.78 is 5.15. The number of nitrogens with one attached hydrogen (secondary N) is 2. The first-order valence-electron chi connectivity index (χ1n) is 9.10. The van der Waals surface area contributed by atoms with Crippen molar-refractivity contribution in [1.29, 1.82) is 0 Å². The lowest BCUT2D eigenvalue weighted by Crippen LogP contribution is -2.22. The zero-order valence-corrected chi connectivity index (χ0v) is 17.5. The average molecular weight is 427 g/mol. The maximum Gasteiger partial charge on any atom is 0.266 e. The number of carbonyl (C=O) groups is 2. The summed E-state index contributed by atoms with van der Waals surface area (Å²) in [6, 6.07) is 14.7. The van der Waals surface area contributed by atoms with E-state index in [2.05, 4.69) is 10.6 Å². The van der Waals surface area contributed by atoms with Crippen molar-refractivity contribution in [1.82, 2.24) is 0 Å². The predicted octanol–water partition coefficient (Wildman–Crippen LogP) is 5.44. The van der Waals surface area contributed by atoms with Crippen molar-refractivity contribution < 1.29 is 14.3 Å². The highest BCUT2D eigenvalue weighted by Gasteiger charge is 2.32. The molecule has 148 valence electrons. The van der Waals surface area contributed by atoms with Crippen molar-refractivity contribution in [3.63, 3.8) is 0 Å². The third-order valence-corrected chi connectivity index (χ3v) is 6.45. The number of amides is 2. The van der Waals surface area contributed by atoms with Crippen LogP contribution < -0.4 is 15.4 Å². The first-order chi connectivity index (χ1) is 14.0. The van der Waals surface area contributed by atoms with E-state index in [-0.39, 0.29) is 17.7 Å². The Morgan fingerprint density at radius 3 is 2.69 bits per heavy atom. The van der Waals surface area contributed by atoms with Gasteiger partial charge in [-0.1, -0.05) is 23.7 Å². The highest BCUT2D eigenvalue weighted by atomic mass is 35.5. The van der Waals surface area contributed by atoms with Gasteiger partial charge in [-0.05, 0) is 60.0 Å². The van der Waals surface area contributed by atoms with Crippen molar-refractivity contribution >= 4 is 45.4 Å². The molecule has 2 aromatic carbocycles. The summed E-state index contributed by atoms with van der Waals surface area (Å²) >= 11 is 7.47. The fourth-order valence-electron chi connectivity index (χ4n) is 3.59. The Hall–Kier alpha value is -2.83. The molecule has 5 nitrogen and oxygen atoms in total. The van der Waals surface area contributed by atoms with Gasteiger partial charge in [-0.15, -0.1) is 11.3 Å². The molecule has 0 unspecified atom stereocenters. The Balaban J connectivity index is 1.67. The molecule has 3 aromatic rings. The van der Waals surface area contributed by atoms with Gasteiger partial charge in [-0.3, -0.25) is 9.59 Å². The summed E-state index contributed by atoms with van der Waals surface area (Å²) in [5.74, 6) is 0.325. The third-order valence-electron chi connectivity index (χ3n) is 4.99. The van der Waals surface area contributed by atoms with Gasteiger partial charge < -0.3 is 15.4 Å². The summed E-state index contributed by atoms with van der Waals surface area (Å²) in [5, 5.41) is 7.19. The van der Waals surface area contributed by atoms with E-state index in [1.165, 1.54) is 11.3 Å². The van der Waals surface area contributed by atoms with Crippen LogP contribution in [-0.4, -0.2) is 18.9 Å². The largest absolute Gasteiger partial charge is 0.497 e. The summed E-state index contributed by atoms with van der Waals surface area (Å²) in [7, 11) is 1.59. The molecule has 1 atom stereocenters. The van der Waals surface area contributed by atoms with Crippen LogP contribution in [0.2, 0.25) is 5.02 Å². The first kappa shape index (κ1) is 19.5. The maximum atomic E-state index is 12.9. The summed E-state index contributed by atoms with van der Waals surface area (Å²) in [6.45, 7) is 1.92. The molecule has 1 aromatic heterocycles. The molecule has 0 saturated carbocycles. The van der Waals surface area contributed by atoms with E-state index >= 15 is 0 Å². The summed E-state index contributed by atoms with van der Waals surface area (Å²) in [6.07, 6.45) is 0.324. The standard InChI is InChI=1S/C22H19ClN2O3S/c1-12-19-17(13-4-3-5-14(23)10-13)11-18(26)25-22(19)29-20(12)21(27)24-15-6-8-16(28-2)9-7-15/h3-10,17H,11H2,1-2H3,(H,24,27)(H,25,26)/t17-/m0/s1. The number of halogens is 1. The Bertz CT molecular complexity index is 1090. The number of thiophene rings is 1. The third kappa shape index (κ3) is 3.86. The molecule has 1 aliphatic heterocycles. The lowest BCUT2D eigenvalue weighted by Gasteiger charge is -2.24. The van der Waals surface area contributed by atoms with Crippen molar-refractivity contribution in [3.05, 3.63) is 75.1 Å². The van der Waals surface area contributed by atoms with Gasteiger partial charge in [0.15, 0.2) is 0 Å². The van der Waals surface area contributed by atoms with Crippen molar-refractivity contribution in [2.45, 2.75) is 19.3 Å². The monoisotopic (exact) mass is 426 g/mol. The number of fused-ring (bicyclic) bond motifs is 1. The van der Waals surface area contributed by atoms with Crippen LogP contribution in [0.15, 0.2) is 48.5 Å². The van der Waals surface area contributed by atoms with E-state index < -0.39 is 0 Å². The van der Waals surface area contributed by atoms with E-state index in [0.717, 1.165) is 27.4 Å². The molecule has 0 bridgehead atoms. The highest BCUT2D eigenvalue weighted by molar-refractivity contribution is 7.18. The molecule has 0 aliphatic carbocycles. The molecular weight excluding hydrogens is 408 g/mol. The van der Waals surface area contributed by atoms with Gasteiger partial charge in [0, 0.05) is 23.0 Å². The molecule has 4 rings (SSSR count). The molecule has 0 radical (unpaired) electrons. The van der Waals surface area contributed by atoms with Crippen molar-refractivity contribution in [3.8, 4) is 5.75 Å². The van der Waals surface area contributed by atoms with Gasteiger partial charge in [0.25, 0.3) is 5.91 Å². The molecular formula is C22H19ClN2O3S. The number of carbonyl (C=O) groups excluding carboxylic acids is 2. The van der Waals surface area contributed by atoms with Crippen LogP contribution in [0.1, 0.15) is 38.7 Å². The smallest absolute Gasteiger partial charge is 0.266 e. The summed E-state index contributed by atoms with van der Waals surface area (Å²) in [4.78, 5) is 25.8. The molecule has 1 aliphatic rings. The van der Waals surface area contributed by atoms with Crippen LogP contribution in [0.4, 0.5) is 10.7 Å². The van der Waals surface area contributed by atoms with Crippen LogP contribution in [0.25, 0.3) is 0 Å². The number of hydrogen-bond acceptors (Lipinski definition) is 4. The number of hydrogen-bond donors (Lipinski definition) is 2. The zero-order valence-electron chi connectivity index (χ0n) is 15.9. The molecule has 0 spiro atoms. The number of benzene rings is 2. The van der Waals surface area contributed by atoms with Gasteiger partial charge in [0.1, 0.15) is 5.75 Å². The Kier molecular flexibility index (Phi) is 5.30. The fourth-order valence-corrected chi connectivity index (χ4v) is 4.97. The maximum absolute atomic E-state index is 12.9. The number of rotatable bonds is 4. The second kappa shape index (κ2) is 7.89. The molecule has 7 heteroatoms. The highest BCUT2D eigenvalue weighted by Crippen LogP contribution is 2.45. The van der Waals surface area contributed by atoms with Gasteiger partial charge in [-0.2, -0.15) is 0 Å². The molecule has 0 saturated heterocycles. The zero-order chi connectivity index (χ0) is 20.5. The Labute approximate surface area is 177 Å². The van der Waals surface area contributed by atoms with Crippen molar-refractivity contribution in [2.24, 2.45) is 0 Å². The quantitative estimate of drug-likeness (QED) is 0.583. The van der Waals surface area contributed by atoms with Crippen LogP contribution >= 0.6 is 22.9 Å². The normalized spacial score (nSPS) is 15.4. The molecule has 2 amide bonds. The number of anilines is 2. The van der Waals surface area contributed by atoms with Crippen molar-refractivity contribution in [2.75, 3.05) is 17.7 Å². The van der Waals surface area contributed by atoms with Crippen LogP contribution in [0.5, 0.6) is 5.75 Å². The van der Waals surface area contributed by atoms with E-state index in [0.29, 0.717) is 22.0 Å². The van der Waals surface area contributed by atoms with Crippen LogP contribution in [0.3, 0.4) is 0 Å². The second-order valence-corrected chi connectivity index (χ2v) is 8.30.